The lowest BCUT2D eigenvalue weighted by Gasteiger charge is -2.37. The number of hydrogen-bond donors (Lipinski definition) is 1. The maximum atomic E-state index is 14.6. The van der Waals surface area contributed by atoms with E-state index in [0.717, 1.165) is 30.0 Å². The highest BCUT2D eigenvalue weighted by molar-refractivity contribution is 8.15. The predicted octanol–water partition coefficient (Wildman–Crippen LogP) is 5.14. The van der Waals surface area contributed by atoms with Crippen molar-refractivity contribution in [3.63, 3.8) is 0 Å². The van der Waals surface area contributed by atoms with Crippen molar-refractivity contribution in [1.29, 1.82) is 0 Å². The fourth-order valence-electron chi connectivity index (χ4n) is 3.23. The normalized spacial score (nSPS) is 19.5. The summed E-state index contributed by atoms with van der Waals surface area (Å²) in [5, 5.41) is 6.50. The highest BCUT2D eigenvalue weighted by Crippen LogP contribution is 2.51. The molecule has 0 aromatic heterocycles. The average Bonchev–Trinajstić information content (AvgIpc) is 3.15. The quantitative estimate of drug-likeness (QED) is 0.587. The van der Waals surface area contributed by atoms with Gasteiger partial charge in [0.05, 0.1) is 10.0 Å². The van der Waals surface area contributed by atoms with Crippen LogP contribution in [0.4, 0.5) is 8.78 Å². The first-order valence-corrected chi connectivity index (χ1v) is 11.1. The van der Waals surface area contributed by atoms with Crippen LogP contribution in [-0.4, -0.2) is 35.7 Å². The molecule has 0 spiro atoms. The fraction of sp³-hybridized carbons (Fsp3) is 0.333. The van der Waals surface area contributed by atoms with Crippen LogP contribution < -0.4 is 5.73 Å². The molecule has 0 bridgehead atoms. The van der Waals surface area contributed by atoms with Crippen LogP contribution in [0.2, 0.25) is 10.0 Å². The van der Waals surface area contributed by atoms with Gasteiger partial charge in [-0.3, -0.25) is 4.79 Å². The predicted molar refractivity (Wildman–Crippen MR) is 120 cm³/mol. The summed E-state index contributed by atoms with van der Waals surface area (Å²) in [6.45, 7) is 1.95. The number of benzene rings is 2. The van der Waals surface area contributed by atoms with Gasteiger partial charge in [0.2, 0.25) is 0 Å². The maximum Gasteiger partial charge on any atom is 0.273 e. The minimum atomic E-state index is -1.09. The highest BCUT2D eigenvalue weighted by Gasteiger charge is 2.49. The summed E-state index contributed by atoms with van der Waals surface area (Å²) in [5.74, 6) is -1.70. The summed E-state index contributed by atoms with van der Waals surface area (Å²) in [4.78, 5) is 12.1. The molecule has 3 rings (SSSR count). The van der Waals surface area contributed by atoms with Crippen LogP contribution in [0.15, 0.2) is 41.5 Å². The Hall–Kier alpha value is -1.71. The third-order valence-electron chi connectivity index (χ3n) is 4.96. The number of carbonyl (C=O) groups excluding carboxylic acids is 1. The Kier molecular flexibility index (Phi) is 7.59. The summed E-state index contributed by atoms with van der Waals surface area (Å²) in [7, 11) is 1.41. The van der Waals surface area contributed by atoms with Crippen molar-refractivity contribution >= 4 is 45.9 Å². The largest absolute Gasteiger partial charge is 0.372 e. The number of hydrazone groups is 1. The lowest BCUT2D eigenvalue weighted by atomic mass is 9.99. The number of nitrogens with zero attached hydrogens (tertiary/aromatic N) is 2. The van der Waals surface area contributed by atoms with Crippen molar-refractivity contribution in [2.24, 2.45) is 10.8 Å². The van der Waals surface area contributed by atoms with Crippen LogP contribution in [0.25, 0.3) is 0 Å². The zero-order valence-corrected chi connectivity index (χ0v) is 19.2. The average molecular weight is 488 g/mol. The van der Waals surface area contributed by atoms with E-state index in [1.54, 1.807) is 25.1 Å². The molecule has 1 heterocycles. The van der Waals surface area contributed by atoms with Crippen molar-refractivity contribution in [3.8, 4) is 0 Å². The van der Waals surface area contributed by atoms with Gasteiger partial charge in [0, 0.05) is 12.7 Å². The van der Waals surface area contributed by atoms with E-state index >= 15 is 0 Å². The van der Waals surface area contributed by atoms with E-state index in [1.807, 2.05) is 0 Å². The third-order valence-corrected chi connectivity index (χ3v) is 7.14. The van der Waals surface area contributed by atoms with E-state index in [1.165, 1.54) is 12.1 Å². The van der Waals surface area contributed by atoms with Gasteiger partial charge >= 0.3 is 0 Å². The molecule has 1 aliphatic rings. The van der Waals surface area contributed by atoms with Crippen LogP contribution in [0, 0.1) is 11.6 Å². The van der Waals surface area contributed by atoms with E-state index in [-0.39, 0.29) is 10.6 Å². The Labute approximate surface area is 193 Å². The second-order valence-electron chi connectivity index (χ2n) is 6.96. The Bertz CT molecular complexity index is 1020. The molecule has 10 heteroatoms. The summed E-state index contributed by atoms with van der Waals surface area (Å²) < 4.78 is 33.6. The van der Waals surface area contributed by atoms with Gasteiger partial charge < -0.3 is 10.5 Å². The van der Waals surface area contributed by atoms with Crippen molar-refractivity contribution in [2.45, 2.75) is 30.7 Å². The molecule has 0 saturated heterocycles. The monoisotopic (exact) mass is 487 g/mol. The number of ether oxygens (including phenoxy) is 1. The number of halogens is 4. The number of thioether (sulfide) groups is 1. The van der Waals surface area contributed by atoms with Gasteiger partial charge in [-0.25, -0.2) is 13.8 Å². The van der Waals surface area contributed by atoms with Crippen LogP contribution in [0.3, 0.4) is 0 Å². The molecule has 5 nitrogen and oxygen atoms in total. The lowest BCUT2D eigenvalue weighted by molar-refractivity contribution is -0.144. The first kappa shape index (κ1) is 23.9. The molecule has 0 saturated carbocycles. The molecule has 2 N–H and O–H groups in total. The summed E-state index contributed by atoms with van der Waals surface area (Å²) in [6, 6.07) is 8.10. The van der Waals surface area contributed by atoms with E-state index < -0.39 is 28.5 Å². The van der Waals surface area contributed by atoms with Crippen LogP contribution in [0.5, 0.6) is 0 Å². The zero-order valence-electron chi connectivity index (χ0n) is 16.9. The zero-order chi connectivity index (χ0) is 22.8. The molecule has 0 radical (unpaired) electrons. The van der Waals surface area contributed by atoms with Gasteiger partial charge in [0.15, 0.2) is 0 Å². The maximum absolute atomic E-state index is 14.6. The smallest absolute Gasteiger partial charge is 0.273 e. The first-order valence-electron chi connectivity index (χ1n) is 9.49. The van der Waals surface area contributed by atoms with Gasteiger partial charge in [0.25, 0.3) is 5.91 Å². The summed E-state index contributed by atoms with van der Waals surface area (Å²) in [6.07, 6.45) is 0.103. The van der Waals surface area contributed by atoms with Crippen molar-refractivity contribution in [2.75, 3.05) is 13.7 Å². The number of hydrogen-bond acceptors (Lipinski definition) is 5. The molecule has 0 aliphatic carbocycles. The minimum absolute atomic E-state index is 0.0393. The second-order valence-corrected chi connectivity index (χ2v) is 9.05. The van der Waals surface area contributed by atoms with Crippen molar-refractivity contribution in [1.82, 2.24) is 5.01 Å². The summed E-state index contributed by atoms with van der Waals surface area (Å²) >= 11 is 13.5. The van der Waals surface area contributed by atoms with Gasteiger partial charge in [-0.2, -0.15) is 5.10 Å². The van der Waals surface area contributed by atoms with Crippen LogP contribution in [-0.2, 0) is 14.4 Å². The van der Waals surface area contributed by atoms with Gasteiger partial charge in [0.1, 0.15) is 27.7 Å². The Morgan fingerprint density at radius 3 is 2.65 bits per heavy atom. The number of nitrogens with two attached hydrogens (primary N) is 1. The van der Waals surface area contributed by atoms with Gasteiger partial charge in [-0.05, 0) is 62.2 Å². The Morgan fingerprint density at radius 2 is 2.00 bits per heavy atom. The summed E-state index contributed by atoms with van der Waals surface area (Å²) in [5.41, 5.74) is 6.36. The Morgan fingerprint density at radius 1 is 1.26 bits per heavy atom. The second kappa shape index (κ2) is 9.83. The van der Waals surface area contributed by atoms with Crippen LogP contribution >= 0.6 is 35.0 Å². The van der Waals surface area contributed by atoms with Crippen LogP contribution in [0.1, 0.15) is 30.9 Å². The third kappa shape index (κ3) is 4.73. The molecular weight excluding hydrogens is 467 g/mol. The van der Waals surface area contributed by atoms with E-state index in [2.05, 4.69) is 5.10 Å². The molecule has 2 atom stereocenters. The minimum Gasteiger partial charge on any atom is -0.372 e. The number of amides is 1. The van der Waals surface area contributed by atoms with Gasteiger partial charge in [-0.1, -0.05) is 41.0 Å². The number of methoxy groups -OCH3 is 1. The molecule has 0 fully saturated rings. The Balaban J connectivity index is 2.20. The van der Waals surface area contributed by atoms with E-state index in [9.17, 15) is 13.6 Å². The van der Waals surface area contributed by atoms with Crippen molar-refractivity contribution < 1.29 is 18.3 Å². The standard InChI is InChI=1S/C21H21Cl2F2N3O2S/c1-12(30-2)20(29)28-21(8-3-9-26,13-4-6-16(22)17(23)10-13)31-19(27-28)15-11-14(24)5-7-18(15)25/h4-7,10-12H,3,8-9,26H2,1-2H3/t12-,21?/m0/s1. The van der Waals surface area contributed by atoms with E-state index in [0.29, 0.717) is 35.0 Å². The first-order chi connectivity index (χ1) is 14.7. The molecule has 31 heavy (non-hydrogen) atoms. The SMILES string of the molecule is CO[C@@H](C)C(=O)N1N=C(c2cc(F)ccc2F)SC1(CCCN)c1ccc(Cl)c(Cl)c1. The number of carbonyl (C=O) groups is 1. The lowest BCUT2D eigenvalue weighted by Crippen LogP contribution is -2.46. The molecule has 166 valence electrons. The van der Waals surface area contributed by atoms with Crippen molar-refractivity contribution in [3.05, 3.63) is 69.2 Å². The molecule has 1 amide bonds. The van der Waals surface area contributed by atoms with E-state index in [4.69, 9.17) is 33.7 Å². The molecule has 2 aromatic rings. The molecule has 1 aliphatic heterocycles. The fourth-order valence-corrected chi connectivity index (χ4v) is 4.94. The number of rotatable bonds is 7. The van der Waals surface area contributed by atoms with Gasteiger partial charge in [-0.15, -0.1) is 0 Å². The highest BCUT2D eigenvalue weighted by atomic mass is 35.5. The molecular formula is C21H21Cl2F2N3O2S. The molecule has 2 aromatic carbocycles. The molecule has 1 unspecified atom stereocenters. The topological polar surface area (TPSA) is 67.9 Å².